The lowest BCUT2D eigenvalue weighted by molar-refractivity contribution is -0.0298. The summed E-state index contributed by atoms with van der Waals surface area (Å²) in [6.45, 7) is 2.88. The maximum atomic E-state index is 14.0. The third-order valence-corrected chi connectivity index (χ3v) is 3.95. The van der Waals surface area contributed by atoms with Gasteiger partial charge in [-0.15, -0.1) is 0 Å². The van der Waals surface area contributed by atoms with Gasteiger partial charge in [0.05, 0.1) is 12.7 Å². The Morgan fingerprint density at radius 2 is 2.35 bits per heavy atom. The summed E-state index contributed by atoms with van der Waals surface area (Å²) in [5, 5.41) is 3.77. The van der Waals surface area contributed by atoms with E-state index in [-0.39, 0.29) is 17.8 Å². The fourth-order valence-corrected chi connectivity index (χ4v) is 2.89. The van der Waals surface area contributed by atoms with Crippen molar-refractivity contribution >= 4 is 11.6 Å². The molecule has 1 aliphatic rings. The van der Waals surface area contributed by atoms with Crippen LogP contribution in [-0.4, -0.2) is 33.4 Å². The molecule has 5 heteroatoms. The zero-order chi connectivity index (χ0) is 14.4. The van der Waals surface area contributed by atoms with Gasteiger partial charge in [-0.25, -0.2) is 4.39 Å². The monoisotopic (exact) mass is 301 g/mol. The summed E-state index contributed by atoms with van der Waals surface area (Å²) in [5.41, 5.74) is 0.493. The molecule has 2 atom stereocenters. The Hall–Kier alpha value is -0.680. The number of hydrogen-bond donors (Lipinski definition) is 1. The number of hydrogen-bond acceptors (Lipinski definition) is 3. The number of rotatable bonds is 6. The number of methoxy groups -OCH3 is 1. The van der Waals surface area contributed by atoms with Crippen molar-refractivity contribution in [2.45, 2.75) is 18.9 Å². The van der Waals surface area contributed by atoms with Gasteiger partial charge in [-0.3, -0.25) is 0 Å². The van der Waals surface area contributed by atoms with Gasteiger partial charge < -0.3 is 14.8 Å². The minimum Gasteiger partial charge on any atom is -0.383 e. The van der Waals surface area contributed by atoms with Gasteiger partial charge in [0.15, 0.2) is 0 Å². The van der Waals surface area contributed by atoms with E-state index >= 15 is 0 Å². The zero-order valence-electron chi connectivity index (χ0n) is 11.7. The molecule has 1 heterocycles. The summed E-state index contributed by atoms with van der Waals surface area (Å²) in [5.74, 6) is -0.0544. The van der Waals surface area contributed by atoms with E-state index in [1.54, 1.807) is 19.2 Å². The van der Waals surface area contributed by atoms with Gasteiger partial charge in [0.2, 0.25) is 0 Å². The zero-order valence-corrected chi connectivity index (χ0v) is 12.5. The summed E-state index contributed by atoms with van der Waals surface area (Å²) in [4.78, 5) is 0. The lowest BCUT2D eigenvalue weighted by atomic mass is 9.89. The average Bonchev–Trinajstić information content (AvgIpc) is 2.45. The second-order valence-corrected chi connectivity index (χ2v) is 5.43. The van der Waals surface area contributed by atoms with Crippen molar-refractivity contribution in [1.29, 1.82) is 0 Å². The molecule has 0 spiro atoms. The molecule has 2 unspecified atom stereocenters. The van der Waals surface area contributed by atoms with Crippen LogP contribution in [0.5, 0.6) is 0 Å². The van der Waals surface area contributed by atoms with Gasteiger partial charge in [-0.05, 0) is 25.0 Å². The molecule has 3 nitrogen and oxygen atoms in total. The van der Waals surface area contributed by atoms with Crippen molar-refractivity contribution in [2.24, 2.45) is 5.92 Å². The molecule has 0 aromatic heterocycles. The topological polar surface area (TPSA) is 30.5 Å². The van der Waals surface area contributed by atoms with Gasteiger partial charge in [0, 0.05) is 43.3 Å². The smallest absolute Gasteiger partial charge is 0.130 e. The first-order chi connectivity index (χ1) is 9.74. The standard InChI is InChI=1S/C15H21ClFNO2/c1-19-9-7-18-10-11-4-3-8-20-15(11)14-12(16)5-2-6-13(14)17/h2,5-6,11,15,18H,3-4,7-10H2,1H3. The Labute approximate surface area is 124 Å². The van der Waals surface area contributed by atoms with Crippen LogP contribution < -0.4 is 5.32 Å². The third-order valence-electron chi connectivity index (χ3n) is 3.62. The number of benzene rings is 1. The van der Waals surface area contributed by atoms with Crippen LogP contribution in [0, 0.1) is 11.7 Å². The van der Waals surface area contributed by atoms with E-state index in [1.807, 2.05) is 0 Å². The lowest BCUT2D eigenvalue weighted by Gasteiger charge is -2.33. The van der Waals surface area contributed by atoms with Crippen molar-refractivity contribution in [3.63, 3.8) is 0 Å². The van der Waals surface area contributed by atoms with E-state index < -0.39 is 0 Å². The van der Waals surface area contributed by atoms with Crippen molar-refractivity contribution in [1.82, 2.24) is 5.32 Å². The Kier molecular flexibility index (Phi) is 6.23. The molecule has 1 aromatic carbocycles. The summed E-state index contributed by atoms with van der Waals surface area (Å²) in [6.07, 6.45) is 1.74. The van der Waals surface area contributed by atoms with Crippen molar-refractivity contribution in [2.75, 3.05) is 33.4 Å². The van der Waals surface area contributed by atoms with Gasteiger partial charge in [0.25, 0.3) is 0 Å². The van der Waals surface area contributed by atoms with Crippen LogP contribution >= 0.6 is 11.6 Å². The molecule has 0 amide bonds. The second-order valence-electron chi connectivity index (χ2n) is 5.03. The molecule has 1 N–H and O–H groups in total. The molecule has 1 saturated heterocycles. The maximum absolute atomic E-state index is 14.0. The van der Waals surface area contributed by atoms with Crippen molar-refractivity contribution < 1.29 is 13.9 Å². The van der Waals surface area contributed by atoms with E-state index in [4.69, 9.17) is 21.1 Å². The van der Waals surface area contributed by atoms with E-state index in [2.05, 4.69) is 5.32 Å². The number of halogens is 2. The van der Waals surface area contributed by atoms with Crippen LogP contribution in [0.3, 0.4) is 0 Å². The van der Waals surface area contributed by atoms with Crippen LogP contribution in [0.2, 0.25) is 5.02 Å². The molecule has 1 aromatic rings. The van der Waals surface area contributed by atoms with Crippen molar-refractivity contribution in [3.05, 3.63) is 34.6 Å². The van der Waals surface area contributed by atoms with E-state index in [1.165, 1.54) is 6.07 Å². The first kappa shape index (κ1) is 15.7. The van der Waals surface area contributed by atoms with Crippen LogP contribution in [0.4, 0.5) is 4.39 Å². The summed E-state index contributed by atoms with van der Waals surface area (Å²) >= 11 is 6.15. The molecule has 0 aliphatic carbocycles. The maximum Gasteiger partial charge on any atom is 0.130 e. The first-order valence-electron chi connectivity index (χ1n) is 6.99. The van der Waals surface area contributed by atoms with Gasteiger partial charge in [0.1, 0.15) is 5.82 Å². The number of ether oxygens (including phenoxy) is 2. The Balaban J connectivity index is 2.06. The highest BCUT2D eigenvalue weighted by molar-refractivity contribution is 6.31. The highest BCUT2D eigenvalue weighted by Gasteiger charge is 2.30. The third kappa shape index (κ3) is 3.92. The average molecular weight is 302 g/mol. The molecule has 1 fully saturated rings. The molecule has 0 radical (unpaired) electrons. The fraction of sp³-hybridized carbons (Fsp3) is 0.600. The van der Waals surface area contributed by atoms with Gasteiger partial charge in [-0.1, -0.05) is 17.7 Å². The van der Waals surface area contributed by atoms with Crippen LogP contribution in [-0.2, 0) is 9.47 Å². The molecule has 2 rings (SSSR count). The Morgan fingerprint density at radius 1 is 1.50 bits per heavy atom. The highest BCUT2D eigenvalue weighted by atomic mass is 35.5. The first-order valence-corrected chi connectivity index (χ1v) is 7.37. The molecule has 0 saturated carbocycles. The molecule has 20 heavy (non-hydrogen) atoms. The fourth-order valence-electron chi connectivity index (χ4n) is 2.62. The van der Waals surface area contributed by atoms with Crippen LogP contribution in [0.25, 0.3) is 0 Å². The SMILES string of the molecule is COCCNCC1CCCOC1c1c(F)cccc1Cl. The normalized spacial score (nSPS) is 22.9. The summed E-state index contributed by atoms with van der Waals surface area (Å²) in [7, 11) is 1.67. The molecule has 0 bridgehead atoms. The van der Waals surface area contributed by atoms with Crippen LogP contribution in [0.1, 0.15) is 24.5 Å². The molecule has 112 valence electrons. The largest absolute Gasteiger partial charge is 0.383 e. The quantitative estimate of drug-likeness (QED) is 0.819. The Morgan fingerprint density at radius 3 is 3.10 bits per heavy atom. The van der Waals surface area contributed by atoms with Crippen LogP contribution in [0.15, 0.2) is 18.2 Å². The van der Waals surface area contributed by atoms with Gasteiger partial charge >= 0.3 is 0 Å². The summed E-state index contributed by atoms with van der Waals surface area (Å²) < 4.78 is 24.9. The lowest BCUT2D eigenvalue weighted by Crippen LogP contribution is -2.33. The number of nitrogens with one attached hydrogen (secondary N) is 1. The predicted octanol–water partition coefficient (Wildman–Crippen LogP) is 3.18. The highest BCUT2D eigenvalue weighted by Crippen LogP contribution is 2.38. The molecular weight excluding hydrogens is 281 g/mol. The van der Waals surface area contributed by atoms with E-state index in [9.17, 15) is 4.39 Å². The van der Waals surface area contributed by atoms with E-state index in [0.29, 0.717) is 23.8 Å². The predicted molar refractivity (Wildman–Crippen MR) is 77.6 cm³/mol. The van der Waals surface area contributed by atoms with Gasteiger partial charge in [-0.2, -0.15) is 0 Å². The molecular formula is C15H21ClFNO2. The molecule has 1 aliphatic heterocycles. The van der Waals surface area contributed by atoms with E-state index in [0.717, 1.165) is 25.9 Å². The summed E-state index contributed by atoms with van der Waals surface area (Å²) in [6, 6.07) is 4.78. The van der Waals surface area contributed by atoms with Crippen molar-refractivity contribution in [3.8, 4) is 0 Å². The minimum atomic E-state index is -0.286. The minimum absolute atomic E-state index is 0.231. The Bertz CT molecular complexity index is 410. The second kappa shape index (κ2) is 7.93.